The third kappa shape index (κ3) is 7.09. The molecular weight excluding hydrogens is 458 g/mol. The van der Waals surface area contributed by atoms with Gasteiger partial charge in [0.15, 0.2) is 0 Å². The highest BCUT2D eigenvalue weighted by Crippen LogP contribution is 2.26. The second kappa shape index (κ2) is 11.4. The number of benzene rings is 3. The van der Waals surface area contributed by atoms with Crippen LogP contribution in [-0.2, 0) is 14.3 Å². The van der Waals surface area contributed by atoms with Crippen molar-refractivity contribution < 1.29 is 24.2 Å². The summed E-state index contributed by atoms with van der Waals surface area (Å²) in [6, 6.07) is 18.3. The van der Waals surface area contributed by atoms with E-state index in [-0.39, 0.29) is 18.8 Å². The van der Waals surface area contributed by atoms with Gasteiger partial charge in [0.2, 0.25) is 5.91 Å². The Morgan fingerprint density at radius 2 is 1.69 bits per heavy atom. The molecule has 0 aromatic heterocycles. The summed E-state index contributed by atoms with van der Waals surface area (Å²) in [5.41, 5.74) is 0.335. The largest absolute Gasteiger partial charge is 0.508 e. The Labute approximate surface area is 210 Å². The number of nitrogens with zero attached hydrogens (tertiary/aromatic N) is 1. The van der Waals surface area contributed by atoms with E-state index >= 15 is 0 Å². The number of alkyl carbamates (subject to hydrolysis) is 1. The van der Waals surface area contributed by atoms with Gasteiger partial charge in [0.05, 0.1) is 0 Å². The fourth-order valence-corrected chi connectivity index (χ4v) is 3.66. The van der Waals surface area contributed by atoms with Gasteiger partial charge in [-0.05, 0) is 61.4 Å². The molecule has 36 heavy (non-hydrogen) atoms. The monoisotopic (exact) mass is 489 g/mol. The van der Waals surface area contributed by atoms with Crippen molar-refractivity contribution >= 4 is 34.4 Å². The van der Waals surface area contributed by atoms with Gasteiger partial charge < -0.3 is 25.4 Å². The lowest BCUT2D eigenvalue weighted by molar-refractivity contribution is -0.137. The zero-order chi connectivity index (χ0) is 26.3. The number of rotatable bonds is 8. The van der Waals surface area contributed by atoms with E-state index in [0.29, 0.717) is 11.3 Å². The number of nitrogens with one attached hydrogen (secondary N) is 2. The Morgan fingerprint density at radius 1 is 1.03 bits per heavy atom. The average molecular weight is 490 g/mol. The molecule has 188 valence electrons. The van der Waals surface area contributed by atoms with Crippen molar-refractivity contribution in [2.45, 2.75) is 32.4 Å². The van der Waals surface area contributed by atoms with E-state index in [2.05, 4.69) is 17.2 Å². The summed E-state index contributed by atoms with van der Waals surface area (Å²) < 4.78 is 5.20. The second-order valence-corrected chi connectivity index (χ2v) is 9.24. The van der Waals surface area contributed by atoms with E-state index in [9.17, 15) is 19.5 Å². The van der Waals surface area contributed by atoms with Crippen LogP contribution in [0.25, 0.3) is 10.8 Å². The van der Waals surface area contributed by atoms with Gasteiger partial charge in [0, 0.05) is 12.2 Å². The highest BCUT2D eigenvalue weighted by molar-refractivity contribution is 6.00. The minimum Gasteiger partial charge on any atom is -0.508 e. The maximum absolute atomic E-state index is 13.6. The Morgan fingerprint density at radius 3 is 2.33 bits per heavy atom. The summed E-state index contributed by atoms with van der Waals surface area (Å²) in [4.78, 5) is 40.1. The first kappa shape index (κ1) is 26.3. The number of hydrogen-bond donors (Lipinski definition) is 3. The summed E-state index contributed by atoms with van der Waals surface area (Å²) in [5, 5.41) is 17.1. The lowest BCUT2D eigenvalue weighted by Crippen LogP contribution is -2.46. The van der Waals surface area contributed by atoms with Gasteiger partial charge in [0.1, 0.15) is 23.9 Å². The Kier molecular flexibility index (Phi) is 8.32. The fourth-order valence-electron chi connectivity index (χ4n) is 3.66. The topological polar surface area (TPSA) is 108 Å². The fraction of sp³-hybridized carbons (Fsp3) is 0.250. The van der Waals surface area contributed by atoms with Crippen LogP contribution < -0.4 is 10.6 Å². The zero-order valence-electron chi connectivity index (χ0n) is 20.7. The van der Waals surface area contributed by atoms with Crippen molar-refractivity contribution in [2.24, 2.45) is 0 Å². The molecule has 0 spiro atoms. The quantitative estimate of drug-likeness (QED) is 0.395. The molecule has 0 aliphatic heterocycles. The van der Waals surface area contributed by atoms with Crippen LogP contribution in [0.2, 0.25) is 0 Å². The van der Waals surface area contributed by atoms with Crippen LogP contribution in [0.3, 0.4) is 0 Å². The van der Waals surface area contributed by atoms with Gasteiger partial charge in [-0.3, -0.25) is 9.59 Å². The van der Waals surface area contributed by atoms with Crippen LogP contribution in [0.5, 0.6) is 5.75 Å². The van der Waals surface area contributed by atoms with Crippen LogP contribution in [0.15, 0.2) is 79.4 Å². The first-order valence-electron chi connectivity index (χ1n) is 11.5. The Hall–Kier alpha value is -4.33. The molecule has 0 bridgehead atoms. The molecule has 0 radical (unpaired) electrons. The van der Waals surface area contributed by atoms with Crippen molar-refractivity contribution in [1.29, 1.82) is 0 Å². The average Bonchev–Trinajstić information content (AvgIpc) is 2.82. The number of fused-ring (bicyclic) bond motifs is 1. The Balaban J connectivity index is 1.88. The van der Waals surface area contributed by atoms with Crippen LogP contribution in [-0.4, -0.2) is 46.6 Å². The molecule has 3 N–H and O–H groups in total. The van der Waals surface area contributed by atoms with E-state index in [4.69, 9.17) is 4.74 Å². The molecule has 0 aliphatic rings. The predicted molar refractivity (Wildman–Crippen MR) is 140 cm³/mol. The number of phenols is 1. The van der Waals surface area contributed by atoms with Crippen LogP contribution in [0.1, 0.15) is 32.4 Å². The minimum absolute atomic E-state index is 0.0284. The molecule has 8 heteroatoms. The van der Waals surface area contributed by atoms with Gasteiger partial charge in [-0.25, -0.2) is 4.79 Å². The molecule has 8 nitrogen and oxygen atoms in total. The van der Waals surface area contributed by atoms with Gasteiger partial charge in [-0.2, -0.15) is 0 Å². The molecule has 3 aromatic carbocycles. The predicted octanol–water partition coefficient (Wildman–Crippen LogP) is 4.76. The summed E-state index contributed by atoms with van der Waals surface area (Å²) in [6.45, 7) is 8.55. The molecule has 0 heterocycles. The summed E-state index contributed by atoms with van der Waals surface area (Å²) in [5.74, 6) is -0.934. The van der Waals surface area contributed by atoms with Gasteiger partial charge >= 0.3 is 6.09 Å². The van der Waals surface area contributed by atoms with E-state index in [0.717, 1.165) is 10.8 Å². The lowest BCUT2D eigenvalue weighted by atomic mass is 10.0. The molecular formula is C28H31N3O5. The summed E-state index contributed by atoms with van der Waals surface area (Å²) in [6.07, 6.45) is 0.762. The number of carbonyl (C=O) groups is 3. The van der Waals surface area contributed by atoms with Crippen molar-refractivity contribution in [2.75, 3.05) is 18.4 Å². The molecule has 0 saturated carbocycles. The van der Waals surface area contributed by atoms with Crippen molar-refractivity contribution in [3.63, 3.8) is 0 Å². The third-order valence-electron chi connectivity index (χ3n) is 5.21. The van der Waals surface area contributed by atoms with E-state index in [1.54, 1.807) is 39.0 Å². The van der Waals surface area contributed by atoms with E-state index < -0.39 is 29.6 Å². The van der Waals surface area contributed by atoms with Gasteiger partial charge in [-0.1, -0.05) is 48.5 Å². The van der Waals surface area contributed by atoms with E-state index in [1.165, 1.54) is 23.1 Å². The molecule has 0 fully saturated rings. The van der Waals surface area contributed by atoms with Crippen LogP contribution in [0, 0.1) is 0 Å². The number of hydrogen-bond acceptors (Lipinski definition) is 5. The maximum atomic E-state index is 13.6. The van der Waals surface area contributed by atoms with E-state index in [1.807, 2.05) is 36.4 Å². The number of aromatic hydroxyl groups is 1. The normalized spacial score (nSPS) is 11.9. The SMILES string of the molecule is C=CCN(C(=O)CNC(=O)OC(C)(C)C)C(C(=O)Nc1ccc2ccccc2c1)c1ccc(O)cc1. The highest BCUT2D eigenvalue weighted by atomic mass is 16.6. The minimum atomic E-state index is -1.05. The van der Waals surface area contributed by atoms with Gasteiger partial charge in [0.25, 0.3) is 5.91 Å². The van der Waals surface area contributed by atoms with Gasteiger partial charge in [-0.15, -0.1) is 6.58 Å². The van der Waals surface area contributed by atoms with Crippen molar-refractivity contribution in [3.05, 3.63) is 84.9 Å². The standard InChI is InChI=1S/C28H31N3O5/c1-5-16-31(24(33)18-29-27(35)36-28(2,3)4)25(20-11-14-23(32)15-12-20)26(34)30-22-13-10-19-8-6-7-9-21(19)17-22/h5-15,17,25,32H,1,16,18H2,2-4H3,(H,29,35)(H,30,34). The zero-order valence-corrected chi connectivity index (χ0v) is 20.7. The number of phenolic OH excluding ortho intramolecular Hbond substituents is 1. The number of ether oxygens (including phenoxy) is 1. The number of carbonyl (C=O) groups excluding carboxylic acids is 3. The summed E-state index contributed by atoms with van der Waals surface area (Å²) >= 11 is 0. The number of amides is 3. The highest BCUT2D eigenvalue weighted by Gasteiger charge is 2.31. The molecule has 3 rings (SSSR count). The first-order chi connectivity index (χ1) is 17.1. The van der Waals surface area contributed by atoms with Crippen LogP contribution in [0.4, 0.5) is 10.5 Å². The third-order valence-corrected chi connectivity index (χ3v) is 5.21. The smallest absolute Gasteiger partial charge is 0.408 e. The lowest BCUT2D eigenvalue weighted by Gasteiger charge is -2.31. The first-order valence-corrected chi connectivity index (χ1v) is 11.5. The van der Waals surface area contributed by atoms with Crippen LogP contribution >= 0.6 is 0 Å². The maximum Gasteiger partial charge on any atom is 0.408 e. The molecule has 0 aliphatic carbocycles. The summed E-state index contributed by atoms with van der Waals surface area (Å²) in [7, 11) is 0. The molecule has 1 atom stereocenters. The molecule has 3 amide bonds. The van der Waals surface area contributed by atoms with Crippen molar-refractivity contribution in [1.82, 2.24) is 10.2 Å². The Bertz CT molecular complexity index is 1250. The molecule has 1 unspecified atom stereocenters. The second-order valence-electron chi connectivity index (χ2n) is 9.24. The molecule has 3 aromatic rings. The number of anilines is 1. The molecule has 0 saturated heterocycles. The van der Waals surface area contributed by atoms with Crippen molar-refractivity contribution in [3.8, 4) is 5.75 Å².